The van der Waals surface area contributed by atoms with Gasteiger partial charge in [-0.25, -0.2) is 4.98 Å². The van der Waals surface area contributed by atoms with Crippen molar-refractivity contribution in [1.82, 2.24) is 14.5 Å². The van der Waals surface area contributed by atoms with Crippen LogP contribution in [-0.4, -0.2) is 38.3 Å². The first-order chi connectivity index (χ1) is 11.0. The van der Waals surface area contributed by atoms with Crippen molar-refractivity contribution in [2.24, 2.45) is 11.7 Å². The van der Waals surface area contributed by atoms with Gasteiger partial charge in [0.05, 0.1) is 0 Å². The lowest BCUT2D eigenvalue weighted by Crippen LogP contribution is -2.43. The van der Waals surface area contributed by atoms with Crippen LogP contribution in [0.5, 0.6) is 0 Å². The Kier molecular flexibility index (Phi) is 3.43. The molecule has 0 aliphatic heterocycles. The summed E-state index contributed by atoms with van der Waals surface area (Å²) in [5.41, 5.74) is 5.62. The van der Waals surface area contributed by atoms with Crippen molar-refractivity contribution in [3.63, 3.8) is 0 Å². The van der Waals surface area contributed by atoms with Crippen LogP contribution in [0.2, 0.25) is 0 Å². The number of rotatable bonds is 7. The smallest absolute Gasteiger partial charge is 0.268 e. The highest BCUT2D eigenvalue weighted by molar-refractivity contribution is 5.90. The van der Waals surface area contributed by atoms with Gasteiger partial charge in [-0.15, -0.1) is 0 Å². The average molecular weight is 316 g/mol. The highest BCUT2D eigenvalue weighted by Crippen LogP contribution is 2.41. The zero-order chi connectivity index (χ0) is 16.1. The molecule has 6 nitrogen and oxygen atoms in total. The maximum atomic E-state index is 12.9. The Labute approximate surface area is 136 Å². The van der Waals surface area contributed by atoms with E-state index in [2.05, 4.69) is 16.8 Å². The number of nitrogens with two attached hydrogens (primary N) is 1. The largest absolute Gasteiger partial charge is 0.364 e. The van der Waals surface area contributed by atoms with Crippen LogP contribution >= 0.6 is 0 Å². The van der Waals surface area contributed by atoms with Gasteiger partial charge in [0, 0.05) is 24.2 Å². The van der Waals surface area contributed by atoms with E-state index in [-0.39, 0.29) is 18.1 Å². The molecule has 1 aromatic rings. The van der Waals surface area contributed by atoms with Crippen LogP contribution in [0.15, 0.2) is 6.20 Å². The number of carbonyl (C=O) groups excluding carboxylic acids is 2. The zero-order valence-electron chi connectivity index (χ0n) is 13.6. The van der Waals surface area contributed by atoms with E-state index in [1.165, 1.54) is 12.8 Å². The molecule has 4 rings (SSSR count). The molecule has 3 fully saturated rings. The lowest BCUT2D eigenvalue weighted by Gasteiger charge is -2.30. The molecule has 0 spiro atoms. The third-order valence-electron chi connectivity index (χ3n) is 5.28. The van der Waals surface area contributed by atoms with Crippen LogP contribution in [0.25, 0.3) is 0 Å². The van der Waals surface area contributed by atoms with E-state index in [1.54, 1.807) is 6.20 Å². The first-order valence-electron chi connectivity index (χ1n) is 8.72. The summed E-state index contributed by atoms with van der Waals surface area (Å²) in [4.78, 5) is 30.8. The van der Waals surface area contributed by atoms with Crippen molar-refractivity contribution in [3.05, 3.63) is 17.7 Å². The topological polar surface area (TPSA) is 81.2 Å². The molecule has 23 heavy (non-hydrogen) atoms. The van der Waals surface area contributed by atoms with Crippen molar-refractivity contribution in [2.75, 3.05) is 0 Å². The van der Waals surface area contributed by atoms with Crippen LogP contribution in [0.4, 0.5) is 0 Å². The summed E-state index contributed by atoms with van der Waals surface area (Å²) >= 11 is 0. The number of hydrogen-bond donors (Lipinski definition) is 1. The Morgan fingerprint density at radius 3 is 2.52 bits per heavy atom. The molecule has 1 aromatic heterocycles. The van der Waals surface area contributed by atoms with Crippen molar-refractivity contribution in [1.29, 1.82) is 0 Å². The van der Waals surface area contributed by atoms with Crippen LogP contribution < -0.4 is 5.73 Å². The number of nitrogens with zero attached hydrogens (tertiary/aromatic N) is 3. The Hall–Kier alpha value is -1.85. The van der Waals surface area contributed by atoms with Crippen molar-refractivity contribution in [2.45, 2.75) is 70.0 Å². The Bertz CT molecular complexity index is 641. The molecule has 0 saturated heterocycles. The molecular formula is C17H24N4O2. The summed E-state index contributed by atoms with van der Waals surface area (Å²) in [7, 11) is 0. The summed E-state index contributed by atoms with van der Waals surface area (Å²) in [6, 6.07) is 0.750. The number of primary amides is 1. The minimum absolute atomic E-state index is 0.155. The quantitative estimate of drug-likeness (QED) is 0.830. The first kappa shape index (κ1) is 14.7. The summed E-state index contributed by atoms with van der Waals surface area (Å²) in [5, 5.41) is 0. The van der Waals surface area contributed by atoms with E-state index in [0.29, 0.717) is 23.9 Å². The van der Waals surface area contributed by atoms with Gasteiger partial charge in [-0.2, -0.15) is 0 Å². The fraction of sp³-hybridized carbons (Fsp3) is 0.706. The monoisotopic (exact) mass is 316 g/mol. The molecule has 2 N–H and O–H groups in total. The predicted octanol–water partition coefficient (Wildman–Crippen LogP) is 1.65. The fourth-order valence-corrected chi connectivity index (χ4v) is 3.49. The standard InChI is InChI=1S/C17H24N4O2/c1-10(11-2-3-11)21(13-6-7-13)15(22)9-20-8-14(16(18)23)19-17(20)12-4-5-12/h8,10-13H,2-7,9H2,1H3,(H2,18,23)/t10-/m1/s1. The molecule has 1 atom stereocenters. The normalized spacial score (nSPS) is 22.0. The van der Waals surface area contributed by atoms with Gasteiger partial charge in [-0.3, -0.25) is 9.59 Å². The molecular weight excluding hydrogens is 292 g/mol. The maximum Gasteiger partial charge on any atom is 0.268 e. The Morgan fingerprint density at radius 1 is 1.30 bits per heavy atom. The van der Waals surface area contributed by atoms with Gasteiger partial charge in [0.1, 0.15) is 18.1 Å². The number of imidazole rings is 1. The second kappa shape index (κ2) is 5.35. The van der Waals surface area contributed by atoms with Crippen LogP contribution in [0, 0.1) is 5.92 Å². The van der Waals surface area contributed by atoms with Crippen molar-refractivity contribution < 1.29 is 9.59 Å². The van der Waals surface area contributed by atoms with Gasteiger partial charge in [0.25, 0.3) is 5.91 Å². The maximum absolute atomic E-state index is 12.9. The number of hydrogen-bond acceptors (Lipinski definition) is 3. The number of aromatic nitrogens is 2. The lowest BCUT2D eigenvalue weighted by molar-refractivity contribution is -0.135. The third kappa shape index (κ3) is 2.99. The summed E-state index contributed by atoms with van der Waals surface area (Å²) < 4.78 is 1.86. The second-order valence-electron chi connectivity index (χ2n) is 7.36. The second-order valence-corrected chi connectivity index (χ2v) is 7.36. The predicted molar refractivity (Wildman–Crippen MR) is 84.8 cm³/mol. The van der Waals surface area contributed by atoms with Gasteiger partial charge in [-0.05, 0) is 51.4 Å². The van der Waals surface area contributed by atoms with E-state index in [9.17, 15) is 9.59 Å². The van der Waals surface area contributed by atoms with E-state index >= 15 is 0 Å². The van der Waals surface area contributed by atoms with Crippen LogP contribution in [-0.2, 0) is 11.3 Å². The molecule has 6 heteroatoms. The zero-order valence-corrected chi connectivity index (χ0v) is 13.6. The number of carbonyl (C=O) groups is 2. The summed E-state index contributed by atoms with van der Waals surface area (Å²) in [6.45, 7) is 2.46. The highest BCUT2D eigenvalue weighted by Gasteiger charge is 2.42. The van der Waals surface area contributed by atoms with Gasteiger partial charge < -0.3 is 15.2 Å². The van der Waals surface area contributed by atoms with E-state index in [4.69, 9.17) is 5.73 Å². The molecule has 0 bridgehead atoms. The minimum Gasteiger partial charge on any atom is -0.364 e. The van der Waals surface area contributed by atoms with Gasteiger partial charge in [0.2, 0.25) is 5.91 Å². The van der Waals surface area contributed by atoms with Gasteiger partial charge in [0.15, 0.2) is 0 Å². The van der Waals surface area contributed by atoms with Crippen molar-refractivity contribution >= 4 is 11.8 Å². The molecule has 0 radical (unpaired) electrons. The van der Waals surface area contributed by atoms with Gasteiger partial charge in [-0.1, -0.05) is 0 Å². The Morgan fingerprint density at radius 2 is 2.00 bits per heavy atom. The fourth-order valence-electron chi connectivity index (χ4n) is 3.49. The molecule has 3 aliphatic carbocycles. The molecule has 124 valence electrons. The molecule has 3 aliphatic rings. The molecule has 0 aromatic carbocycles. The van der Waals surface area contributed by atoms with Gasteiger partial charge >= 0.3 is 0 Å². The lowest BCUT2D eigenvalue weighted by atomic mass is 10.1. The third-order valence-corrected chi connectivity index (χ3v) is 5.28. The van der Waals surface area contributed by atoms with E-state index in [1.807, 2.05) is 4.57 Å². The Balaban J connectivity index is 1.54. The summed E-state index contributed by atoms with van der Waals surface area (Å²) in [6.07, 6.45) is 8.52. The SMILES string of the molecule is C[C@H](C1CC1)N(C(=O)Cn1cc(C(N)=O)nc1C1CC1)C1CC1. The van der Waals surface area contributed by atoms with E-state index < -0.39 is 5.91 Å². The first-order valence-corrected chi connectivity index (χ1v) is 8.72. The van der Waals surface area contributed by atoms with Crippen LogP contribution in [0.1, 0.15) is 67.7 Å². The summed E-state index contributed by atoms with van der Waals surface area (Å²) in [5.74, 6) is 1.53. The molecule has 2 amide bonds. The minimum atomic E-state index is -0.525. The van der Waals surface area contributed by atoms with E-state index in [0.717, 1.165) is 31.5 Å². The molecule has 1 heterocycles. The van der Waals surface area contributed by atoms with Crippen molar-refractivity contribution in [3.8, 4) is 0 Å². The van der Waals surface area contributed by atoms with Crippen LogP contribution in [0.3, 0.4) is 0 Å². The average Bonchev–Trinajstić information content (AvgIpc) is 3.34. The number of amides is 2. The molecule has 0 unspecified atom stereocenters. The highest BCUT2D eigenvalue weighted by atomic mass is 16.2. The molecule has 3 saturated carbocycles.